The average molecular weight is 444 g/mol. The van der Waals surface area contributed by atoms with Gasteiger partial charge in [0.25, 0.3) is 11.5 Å². The summed E-state index contributed by atoms with van der Waals surface area (Å²) in [4.78, 5) is 49.0. The number of nitrogens with zero attached hydrogens (tertiary/aromatic N) is 2. The Morgan fingerprint density at radius 1 is 0.939 bits per heavy atom. The minimum absolute atomic E-state index is 0.253. The minimum Gasteiger partial charge on any atom is -0.342 e. The molecule has 2 aromatic carbocycles. The lowest BCUT2D eigenvalue weighted by Gasteiger charge is -2.34. The van der Waals surface area contributed by atoms with E-state index in [4.69, 9.17) is 0 Å². The number of aromatic nitrogens is 2. The van der Waals surface area contributed by atoms with Crippen LogP contribution in [0.25, 0.3) is 0 Å². The van der Waals surface area contributed by atoms with E-state index in [0.717, 1.165) is 37.9 Å². The highest BCUT2D eigenvalue weighted by molar-refractivity contribution is 6.03. The summed E-state index contributed by atoms with van der Waals surface area (Å²) < 4.78 is 0. The second-order valence-corrected chi connectivity index (χ2v) is 8.39. The van der Waals surface area contributed by atoms with E-state index in [9.17, 15) is 14.4 Å². The molecule has 3 heterocycles. The van der Waals surface area contributed by atoms with Crippen molar-refractivity contribution in [2.24, 2.45) is 0 Å². The van der Waals surface area contributed by atoms with Crippen molar-refractivity contribution in [1.29, 1.82) is 0 Å². The first-order valence-electron chi connectivity index (χ1n) is 11.2. The standard InChI is InChI=1S/C25H25N5O3/c31-22(17-12-6-2-7-13-17)26-20-18(16-10-4-1-5-11-16)19-21(27-24(20)33)28-25(29-23(19)32)30-14-8-3-9-15-30/h1-2,4-7,10-13,18,20H,3,8-9,14-15H2,(H,26,31)(H2,27,28,29,32,33)/t18-,20-/m1/s1. The number of fused-ring (bicyclic) bond motifs is 1. The van der Waals surface area contributed by atoms with Gasteiger partial charge in [-0.2, -0.15) is 4.98 Å². The van der Waals surface area contributed by atoms with Crippen LogP contribution < -0.4 is 21.1 Å². The van der Waals surface area contributed by atoms with Crippen molar-refractivity contribution in [2.75, 3.05) is 23.3 Å². The molecule has 0 bridgehead atoms. The normalized spacial score (nSPS) is 20.0. The summed E-state index contributed by atoms with van der Waals surface area (Å²) in [6.45, 7) is 1.63. The lowest BCUT2D eigenvalue weighted by Crippen LogP contribution is -2.52. The molecule has 0 radical (unpaired) electrons. The van der Waals surface area contributed by atoms with Gasteiger partial charge in [-0.15, -0.1) is 0 Å². The first kappa shape index (κ1) is 20.9. The van der Waals surface area contributed by atoms with Crippen molar-refractivity contribution in [3.63, 3.8) is 0 Å². The smallest absolute Gasteiger partial charge is 0.258 e. The molecule has 5 rings (SSSR count). The van der Waals surface area contributed by atoms with Crippen LogP contribution in [0.1, 0.15) is 46.7 Å². The van der Waals surface area contributed by atoms with Gasteiger partial charge in [0.2, 0.25) is 11.9 Å². The monoisotopic (exact) mass is 443 g/mol. The van der Waals surface area contributed by atoms with Crippen LogP contribution in [0.2, 0.25) is 0 Å². The highest BCUT2D eigenvalue weighted by atomic mass is 16.2. The molecule has 0 unspecified atom stereocenters. The zero-order chi connectivity index (χ0) is 22.8. The third-order valence-electron chi connectivity index (χ3n) is 6.25. The fourth-order valence-electron chi connectivity index (χ4n) is 4.60. The fraction of sp³-hybridized carbons (Fsp3) is 0.280. The molecule has 1 aromatic heterocycles. The maximum Gasteiger partial charge on any atom is 0.258 e. The molecule has 0 aliphatic carbocycles. The number of amides is 2. The Morgan fingerprint density at radius 2 is 1.61 bits per heavy atom. The minimum atomic E-state index is -0.962. The van der Waals surface area contributed by atoms with Crippen LogP contribution in [0.3, 0.4) is 0 Å². The topological polar surface area (TPSA) is 107 Å². The van der Waals surface area contributed by atoms with Crippen LogP contribution >= 0.6 is 0 Å². The van der Waals surface area contributed by atoms with Gasteiger partial charge in [-0.3, -0.25) is 19.4 Å². The summed E-state index contributed by atoms with van der Waals surface area (Å²) in [7, 11) is 0. The van der Waals surface area contributed by atoms with Crippen LogP contribution in [-0.2, 0) is 4.79 Å². The predicted molar refractivity (Wildman–Crippen MR) is 126 cm³/mol. The maximum absolute atomic E-state index is 13.3. The molecule has 0 spiro atoms. The van der Waals surface area contributed by atoms with Crippen molar-refractivity contribution in [3.05, 3.63) is 87.7 Å². The van der Waals surface area contributed by atoms with Gasteiger partial charge in [-0.1, -0.05) is 48.5 Å². The Hall–Kier alpha value is -3.94. The van der Waals surface area contributed by atoms with Crippen LogP contribution in [-0.4, -0.2) is 40.9 Å². The molecule has 3 N–H and O–H groups in total. The molecule has 2 amide bonds. The number of H-pyrrole nitrogens is 1. The summed E-state index contributed by atoms with van der Waals surface area (Å²) in [6, 6.07) is 17.0. The molecule has 1 fully saturated rings. The second kappa shape index (κ2) is 8.90. The Bertz CT molecular complexity index is 1220. The summed E-state index contributed by atoms with van der Waals surface area (Å²) >= 11 is 0. The van der Waals surface area contributed by atoms with Gasteiger partial charge in [0.05, 0.1) is 5.56 Å². The zero-order valence-electron chi connectivity index (χ0n) is 18.1. The first-order valence-corrected chi connectivity index (χ1v) is 11.2. The quantitative estimate of drug-likeness (QED) is 0.575. The van der Waals surface area contributed by atoms with Crippen molar-refractivity contribution >= 4 is 23.6 Å². The number of piperidine rings is 1. The van der Waals surface area contributed by atoms with Gasteiger partial charge in [-0.25, -0.2) is 0 Å². The molecule has 33 heavy (non-hydrogen) atoms. The van der Waals surface area contributed by atoms with Crippen LogP contribution in [0.15, 0.2) is 65.5 Å². The van der Waals surface area contributed by atoms with Gasteiger partial charge in [-0.05, 0) is 37.0 Å². The molecule has 1 saturated heterocycles. The number of anilines is 2. The van der Waals surface area contributed by atoms with E-state index in [-0.39, 0.29) is 17.3 Å². The zero-order valence-corrected chi connectivity index (χ0v) is 18.1. The lowest BCUT2D eigenvalue weighted by atomic mass is 9.82. The van der Waals surface area contributed by atoms with E-state index in [2.05, 4.69) is 20.6 Å². The molecule has 8 heteroatoms. The second-order valence-electron chi connectivity index (χ2n) is 8.39. The number of hydrogen-bond donors (Lipinski definition) is 3. The molecular weight excluding hydrogens is 418 g/mol. The Morgan fingerprint density at radius 3 is 2.30 bits per heavy atom. The van der Waals surface area contributed by atoms with Gasteiger partial charge in [0.15, 0.2) is 0 Å². The largest absolute Gasteiger partial charge is 0.342 e. The van der Waals surface area contributed by atoms with Gasteiger partial charge in [0.1, 0.15) is 11.9 Å². The molecule has 2 atom stereocenters. The van der Waals surface area contributed by atoms with Gasteiger partial charge >= 0.3 is 0 Å². The average Bonchev–Trinajstić information content (AvgIpc) is 2.86. The number of aromatic amines is 1. The highest BCUT2D eigenvalue weighted by Gasteiger charge is 2.41. The fourth-order valence-corrected chi connectivity index (χ4v) is 4.60. The summed E-state index contributed by atoms with van der Waals surface area (Å²) in [5.41, 5.74) is 1.23. The number of carbonyl (C=O) groups excluding carboxylic acids is 2. The van der Waals surface area contributed by atoms with Crippen LogP contribution in [0.5, 0.6) is 0 Å². The lowest BCUT2D eigenvalue weighted by molar-refractivity contribution is -0.118. The third-order valence-corrected chi connectivity index (χ3v) is 6.25. The number of hydrogen-bond acceptors (Lipinski definition) is 5. The summed E-state index contributed by atoms with van der Waals surface area (Å²) in [6.07, 6.45) is 3.22. The number of rotatable bonds is 4. The molecule has 8 nitrogen and oxygen atoms in total. The first-order chi connectivity index (χ1) is 16.1. The van der Waals surface area contributed by atoms with E-state index >= 15 is 0 Å². The van der Waals surface area contributed by atoms with E-state index in [1.807, 2.05) is 41.3 Å². The van der Waals surface area contributed by atoms with Crippen molar-refractivity contribution < 1.29 is 9.59 Å². The summed E-state index contributed by atoms with van der Waals surface area (Å²) in [5, 5.41) is 5.61. The molecular formula is C25H25N5O3. The molecule has 2 aliphatic rings. The van der Waals surface area contributed by atoms with Crippen molar-refractivity contribution in [3.8, 4) is 0 Å². The number of benzene rings is 2. The van der Waals surface area contributed by atoms with E-state index in [1.165, 1.54) is 0 Å². The van der Waals surface area contributed by atoms with Crippen LogP contribution in [0.4, 0.5) is 11.8 Å². The number of nitrogens with one attached hydrogen (secondary N) is 3. The van der Waals surface area contributed by atoms with Gasteiger partial charge < -0.3 is 15.5 Å². The third kappa shape index (κ3) is 4.11. The Kier molecular flexibility index (Phi) is 5.64. The molecule has 168 valence electrons. The Balaban J connectivity index is 1.56. The summed E-state index contributed by atoms with van der Waals surface area (Å²) in [5.74, 6) is -0.729. The molecule has 2 aliphatic heterocycles. The highest BCUT2D eigenvalue weighted by Crippen LogP contribution is 2.35. The predicted octanol–water partition coefficient (Wildman–Crippen LogP) is 2.64. The Labute approximate surface area is 191 Å². The van der Waals surface area contributed by atoms with Crippen molar-refractivity contribution in [2.45, 2.75) is 31.2 Å². The van der Waals surface area contributed by atoms with Crippen LogP contribution in [0, 0.1) is 0 Å². The van der Waals surface area contributed by atoms with E-state index < -0.39 is 17.9 Å². The van der Waals surface area contributed by atoms with E-state index in [0.29, 0.717) is 17.1 Å². The SMILES string of the molecule is O=C(N[C@H]1C(=O)Nc2nc(N3CCCCC3)[nH]c(=O)c2[C@H]1c1ccccc1)c1ccccc1. The molecule has 3 aromatic rings. The van der Waals surface area contributed by atoms with Crippen molar-refractivity contribution in [1.82, 2.24) is 15.3 Å². The van der Waals surface area contributed by atoms with E-state index in [1.54, 1.807) is 24.3 Å². The van der Waals surface area contributed by atoms with Gasteiger partial charge in [0, 0.05) is 24.6 Å². The molecule has 0 saturated carbocycles. The number of carbonyl (C=O) groups is 2. The maximum atomic E-state index is 13.3.